The minimum absolute atomic E-state index is 0.0184. The zero-order valence-corrected chi connectivity index (χ0v) is 15.6. The quantitative estimate of drug-likeness (QED) is 0.797. The van der Waals surface area contributed by atoms with Crippen LogP contribution in [0.4, 0.5) is 0 Å². The number of nitrogens with zero attached hydrogens (tertiary/aromatic N) is 1. The van der Waals surface area contributed by atoms with Crippen molar-refractivity contribution in [3.05, 3.63) is 29.8 Å². The number of hydrogen-bond acceptors (Lipinski definition) is 5. The Labute approximate surface area is 150 Å². The fourth-order valence-electron chi connectivity index (χ4n) is 3.71. The summed E-state index contributed by atoms with van der Waals surface area (Å²) in [6.07, 6.45) is 3.57. The van der Waals surface area contributed by atoms with Crippen LogP contribution in [-0.4, -0.2) is 58.5 Å². The van der Waals surface area contributed by atoms with Crippen LogP contribution in [0.1, 0.15) is 37.3 Å². The van der Waals surface area contributed by atoms with Gasteiger partial charge in [-0.05, 0) is 30.5 Å². The Morgan fingerprint density at radius 3 is 2.68 bits per heavy atom. The van der Waals surface area contributed by atoms with Gasteiger partial charge in [0.2, 0.25) is 10.0 Å². The molecule has 0 spiro atoms. The largest absolute Gasteiger partial charge is 0.497 e. The molecule has 1 heterocycles. The Morgan fingerprint density at radius 1 is 1.28 bits per heavy atom. The SMILES string of the molecule is COc1cccc(C(CNS(=O)(=O)C2CCCC2)N2CCOCC2)c1. The summed E-state index contributed by atoms with van der Waals surface area (Å²) in [6, 6.07) is 7.86. The molecule has 1 aliphatic carbocycles. The normalized spacial score (nSPS) is 21.3. The van der Waals surface area contributed by atoms with Crippen LogP contribution < -0.4 is 9.46 Å². The van der Waals surface area contributed by atoms with Gasteiger partial charge in [0.15, 0.2) is 0 Å². The lowest BCUT2D eigenvalue weighted by Crippen LogP contribution is -2.45. The van der Waals surface area contributed by atoms with Gasteiger partial charge in [0.25, 0.3) is 0 Å². The third-order valence-corrected chi connectivity index (χ3v) is 7.10. The Bertz CT molecular complexity index is 653. The van der Waals surface area contributed by atoms with Gasteiger partial charge in [-0.3, -0.25) is 4.90 Å². The first-order valence-corrected chi connectivity index (χ1v) is 10.6. The van der Waals surface area contributed by atoms with Crippen LogP contribution in [0.3, 0.4) is 0 Å². The van der Waals surface area contributed by atoms with Crippen molar-refractivity contribution in [3.8, 4) is 5.75 Å². The molecule has 3 rings (SSSR count). The Kier molecular flexibility index (Phi) is 6.33. The van der Waals surface area contributed by atoms with E-state index in [9.17, 15) is 8.42 Å². The molecule has 1 unspecified atom stereocenters. The summed E-state index contributed by atoms with van der Waals surface area (Å²) < 4.78 is 38.9. The van der Waals surface area contributed by atoms with Gasteiger partial charge >= 0.3 is 0 Å². The second kappa shape index (κ2) is 8.49. The molecule has 0 radical (unpaired) electrons. The van der Waals surface area contributed by atoms with Crippen molar-refractivity contribution in [2.45, 2.75) is 37.0 Å². The fraction of sp³-hybridized carbons (Fsp3) is 0.667. The zero-order valence-electron chi connectivity index (χ0n) is 14.8. The van der Waals surface area contributed by atoms with Crippen molar-refractivity contribution in [2.24, 2.45) is 0 Å². The Hall–Kier alpha value is -1.15. The first kappa shape index (κ1) is 18.6. The van der Waals surface area contributed by atoms with Crippen LogP contribution in [0.2, 0.25) is 0 Å². The minimum Gasteiger partial charge on any atom is -0.497 e. The summed E-state index contributed by atoms with van der Waals surface area (Å²) in [5.74, 6) is 0.786. The number of rotatable bonds is 7. The maximum atomic E-state index is 12.6. The highest BCUT2D eigenvalue weighted by Crippen LogP contribution is 2.27. The highest BCUT2D eigenvalue weighted by molar-refractivity contribution is 7.90. The van der Waals surface area contributed by atoms with Gasteiger partial charge in [0.05, 0.1) is 25.6 Å². The van der Waals surface area contributed by atoms with Gasteiger partial charge in [-0.25, -0.2) is 13.1 Å². The van der Waals surface area contributed by atoms with Gasteiger partial charge in [-0.1, -0.05) is 25.0 Å². The predicted octanol–water partition coefficient (Wildman–Crippen LogP) is 1.93. The van der Waals surface area contributed by atoms with E-state index in [1.807, 2.05) is 24.3 Å². The monoisotopic (exact) mass is 368 g/mol. The lowest BCUT2D eigenvalue weighted by Gasteiger charge is -2.35. The van der Waals surface area contributed by atoms with Crippen molar-refractivity contribution < 1.29 is 17.9 Å². The standard InChI is InChI=1S/C18H28N2O4S/c1-23-16-6-4-5-15(13-16)18(20-9-11-24-12-10-20)14-19-25(21,22)17-7-2-3-8-17/h4-6,13,17-19H,2-3,7-12,14H2,1H3. The van der Waals surface area contributed by atoms with Gasteiger partial charge in [0.1, 0.15) is 5.75 Å². The molecule has 1 atom stereocenters. The highest BCUT2D eigenvalue weighted by Gasteiger charge is 2.30. The molecule has 1 aliphatic heterocycles. The Balaban J connectivity index is 1.76. The summed E-state index contributed by atoms with van der Waals surface area (Å²) in [6.45, 7) is 3.33. The van der Waals surface area contributed by atoms with Crippen LogP contribution in [0, 0.1) is 0 Å². The molecule has 7 heteroatoms. The van der Waals surface area contributed by atoms with Crippen molar-refractivity contribution >= 4 is 10.0 Å². The van der Waals surface area contributed by atoms with Crippen molar-refractivity contribution in [2.75, 3.05) is 40.0 Å². The molecule has 1 aromatic rings. The lowest BCUT2D eigenvalue weighted by molar-refractivity contribution is 0.0171. The number of hydrogen-bond donors (Lipinski definition) is 1. The first-order chi connectivity index (χ1) is 12.1. The summed E-state index contributed by atoms with van der Waals surface area (Å²) in [5, 5.41) is -0.233. The smallest absolute Gasteiger partial charge is 0.214 e. The molecule has 25 heavy (non-hydrogen) atoms. The number of sulfonamides is 1. The molecule has 0 bridgehead atoms. The number of nitrogens with one attached hydrogen (secondary N) is 1. The molecule has 6 nitrogen and oxygen atoms in total. The number of methoxy groups -OCH3 is 1. The van der Waals surface area contributed by atoms with Crippen LogP contribution in [-0.2, 0) is 14.8 Å². The molecule has 1 aromatic carbocycles. The van der Waals surface area contributed by atoms with Gasteiger partial charge in [-0.2, -0.15) is 0 Å². The second-order valence-electron chi connectivity index (χ2n) is 6.74. The maximum Gasteiger partial charge on any atom is 0.214 e. The van der Waals surface area contributed by atoms with Gasteiger partial charge in [0, 0.05) is 25.7 Å². The molecular formula is C18H28N2O4S. The molecular weight excluding hydrogens is 340 g/mol. The van der Waals surface area contributed by atoms with E-state index in [1.54, 1.807) is 7.11 Å². The highest BCUT2D eigenvalue weighted by atomic mass is 32.2. The fourth-order valence-corrected chi connectivity index (χ4v) is 5.29. The minimum atomic E-state index is -3.26. The van der Waals surface area contributed by atoms with Crippen LogP contribution >= 0.6 is 0 Å². The van der Waals surface area contributed by atoms with E-state index in [-0.39, 0.29) is 11.3 Å². The third kappa shape index (κ3) is 4.73. The van der Waals surface area contributed by atoms with E-state index in [0.717, 1.165) is 50.1 Å². The maximum absolute atomic E-state index is 12.6. The van der Waals surface area contributed by atoms with Crippen molar-refractivity contribution in [1.29, 1.82) is 0 Å². The molecule has 2 aliphatic rings. The van der Waals surface area contributed by atoms with E-state index >= 15 is 0 Å². The van der Waals surface area contributed by atoms with E-state index in [2.05, 4.69) is 9.62 Å². The van der Waals surface area contributed by atoms with E-state index in [1.165, 1.54) is 0 Å². The summed E-state index contributed by atoms with van der Waals surface area (Å²) >= 11 is 0. The number of ether oxygens (including phenoxy) is 2. The second-order valence-corrected chi connectivity index (χ2v) is 8.79. The van der Waals surface area contributed by atoms with Crippen LogP contribution in [0.5, 0.6) is 5.75 Å². The molecule has 2 fully saturated rings. The molecule has 1 saturated carbocycles. The van der Waals surface area contributed by atoms with Crippen LogP contribution in [0.15, 0.2) is 24.3 Å². The third-order valence-electron chi connectivity index (χ3n) is 5.18. The average Bonchev–Trinajstić information content (AvgIpc) is 3.19. The molecule has 0 amide bonds. The topological polar surface area (TPSA) is 67.9 Å². The Morgan fingerprint density at radius 2 is 2.00 bits per heavy atom. The predicted molar refractivity (Wildman–Crippen MR) is 97.3 cm³/mol. The van der Waals surface area contributed by atoms with E-state index in [4.69, 9.17) is 9.47 Å². The van der Waals surface area contributed by atoms with Crippen molar-refractivity contribution in [1.82, 2.24) is 9.62 Å². The van der Waals surface area contributed by atoms with E-state index < -0.39 is 10.0 Å². The summed E-state index contributed by atoms with van der Waals surface area (Å²) in [4.78, 5) is 2.29. The molecule has 0 aromatic heterocycles. The summed E-state index contributed by atoms with van der Waals surface area (Å²) in [5.41, 5.74) is 1.07. The van der Waals surface area contributed by atoms with Crippen molar-refractivity contribution in [3.63, 3.8) is 0 Å². The lowest BCUT2D eigenvalue weighted by atomic mass is 10.0. The molecule has 140 valence electrons. The zero-order chi connectivity index (χ0) is 17.7. The van der Waals surface area contributed by atoms with Gasteiger partial charge < -0.3 is 9.47 Å². The van der Waals surface area contributed by atoms with Gasteiger partial charge in [-0.15, -0.1) is 0 Å². The average molecular weight is 368 g/mol. The molecule has 1 saturated heterocycles. The number of morpholine rings is 1. The summed E-state index contributed by atoms with van der Waals surface area (Å²) in [7, 11) is -1.61. The van der Waals surface area contributed by atoms with E-state index in [0.29, 0.717) is 19.8 Å². The first-order valence-electron chi connectivity index (χ1n) is 9.04. The molecule has 1 N–H and O–H groups in total. The van der Waals surface area contributed by atoms with Crippen LogP contribution in [0.25, 0.3) is 0 Å². The number of benzene rings is 1.